The number of hydrogen-bond acceptors (Lipinski definition) is 2. The van der Waals surface area contributed by atoms with Crippen molar-refractivity contribution in [2.75, 3.05) is 0 Å². The summed E-state index contributed by atoms with van der Waals surface area (Å²) in [6.45, 7) is 11.9. The summed E-state index contributed by atoms with van der Waals surface area (Å²) in [6.07, 6.45) is 5.79. The van der Waals surface area contributed by atoms with Gasteiger partial charge in [-0.1, -0.05) is 48.0 Å². The Labute approximate surface area is 135 Å². The van der Waals surface area contributed by atoms with Gasteiger partial charge in [0.15, 0.2) is 5.78 Å². The zero-order valence-electron chi connectivity index (χ0n) is 15.2. The number of amides is 1. The lowest BCUT2D eigenvalue weighted by Gasteiger charge is -2.35. The Hall–Kier alpha value is -0.860. The summed E-state index contributed by atoms with van der Waals surface area (Å²) in [5.74, 6) is 2.35. The van der Waals surface area contributed by atoms with Crippen LogP contribution in [0.15, 0.2) is 0 Å². The molecule has 3 nitrogen and oxygen atoms in total. The molecule has 0 aromatic heterocycles. The molecular formula is C19H33NO2. The number of fused-ring (bicyclic) bond motifs is 2. The Morgan fingerprint density at radius 1 is 1.05 bits per heavy atom. The molecule has 2 bridgehead atoms. The highest BCUT2D eigenvalue weighted by molar-refractivity contribution is 5.93. The summed E-state index contributed by atoms with van der Waals surface area (Å²) >= 11 is 0. The van der Waals surface area contributed by atoms with Crippen molar-refractivity contribution in [1.29, 1.82) is 0 Å². The second kappa shape index (κ2) is 5.98. The van der Waals surface area contributed by atoms with Gasteiger partial charge in [0.05, 0.1) is 6.04 Å². The largest absolute Gasteiger partial charge is 0.346 e. The maximum Gasteiger partial charge on any atom is 0.220 e. The smallest absolute Gasteiger partial charge is 0.220 e. The Balaban J connectivity index is 1.98. The van der Waals surface area contributed by atoms with Gasteiger partial charge in [-0.25, -0.2) is 0 Å². The molecule has 126 valence electrons. The molecule has 0 heterocycles. The van der Waals surface area contributed by atoms with Gasteiger partial charge in [0.25, 0.3) is 0 Å². The van der Waals surface area contributed by atoms with Crippen LogP contribution in [-0.4, -0.2) is 17.7 Å². The zero-order chi connectivity index (χ0) is 16.7. The van der Waals surface area contributed by atoms with Crippen LogP contribution in [0.2, 0.25) is 0 Å². The van der Waals surface area contributed by atoms with E-state index in [2.05, 4.69) is 5.32 Å². The molecule has 2 aliphatic rings. The Morgan fingerprint density at radius 3 is 2.09 bits per heavy atom. The molecule has 2 aliphatic carbocycles. The van der Waals surface area contributed by atoms with E-state index in [1.54, 1.807) is 0 Å². The van der Waals surface area contributed by atoms with Crippen LogP contribution in [0.25, 0.3) is 0 Å². The van der Waals surface area contributed by atoms with Crippen molar-refractivity contribution in [3.05, 3.63) is 0 Å². The number of nitrogens with one attached hydrogen (secondary N) is 1. The first-order valence-corrected chi connectivity index (χ1v) is 8.82. The number of hydrogen-bond donors (Lipinski definition) is 1. The highest BCUT2D eigenvalue weighted by atomic mass is 16.2. The molecule has 2 fully saturated rings. The highest BCUT2D eigenvalue weighted by Gasteiger charge is 2.42. The minimum atomic E-state index is -0.433. The van der Waals surface area contributed by atoms with Crippen LogP contribution < -0.4 is 5.32 Å². The van der Waals surface area contributed by atoms with Gasteiger partial charge in [-0.15, -0.1) is 0 Å². The molecular weight excluding hydrogens is 274 g/mol. The van der Waals surface area contributed by atoms with E-state index in [0.29, 0.717) is 12.3 Å². The van der Waals surface area contributed by atoms with Crippen LogP contribution in [0.5, 0.6) is 0 Å². The number of Topliss-reactive ketones (excluding diaryl/α,β-unsaturated/α-hetero) is 1. The van der Waals surface area contributed by atoms with E-state index in [1.807, 2.05) is 41.5 Å². The van der Waals surface area contributed by atoms with Crippen molar-refractivity contribution in [2.45, 2.75) is 79.7 Å². The number of rotatable bonds is 4. The molecule has 3 heteroatoms. The van der Waals surface area contributed by atoms with Gasteiger partial charge in [-0.3, -0.25) is 9.59 Å². The number of carbonyl (C=O) groups excluding carboxylic acids is 2. The van der Waals surface area contributed by atoms with Crippen molar-refractivity contribution in [3.63, 3.8) is 0 Å². The summed E-state index contributed by atoms with van der Waals surface area (Å²) in [5, 5.41) is 3.06. The monoisotopic (exact) mass is 307 g/mol. The maximum atomic E-state index is 12.7. The molecule has 1 N–H and O–H groups in total. The SMILES string of the molecule is CC(C)(C)C(=O)C(NC(=O)CC1CC2CCC1C2)C(C)(C)C. The van der Waals surface area contributed by atoms with Crippen LogP contribution in [0.4, 0.5) is 0 Å². The van der Waals surface area contributed by atoms with Gasteiger partial charge < -0.3 is 5.32 Å². The van der Waals surface area contributed by atoms with Crippen LogP contribution in [0.3, 0.4) is 0 Å². The normalized spacial score (nSPS) is 29.5. The molecule has 0 spiro atoms. The lowest BCUT2D eigenvalue weighted by Crippen LogP contribution is -2.53. The van der Waals surface area contributed by atoms with Crippen LogP contribution >= 0.6 is 0 Å². The fourth-order valence-corrected chi connectivity index (χ4v) is 4.19. The average Bonchev–Trinajstić information content (AvgIpc) is 2.94. The molecule has 4 unspecified atom stereocenters. The molecule has 0 radical (unpaired) electrons. The van der Waals surface area contributed by atoms with Gasteiger partial charge in [0.2, 0.25) is 5.91 Å². The van der Waals surface area contributed by atoms with Crippen molar-refractivity contribution in [2.24, 2.45) is 28.6 Å². The average molecular weight is 307 g/mol. The summed E-state index contributed by atoms with van der Waals surface area (Å²) in [5.41, 5.74) is -0.688. The first-order chi connectivity index (χ1) is 9.98. The van der Waals surface area contributed by atoms with E-state index in [9.17, 15) is 9.59 Å². The molecule has 0 saturated heterocycles. The van der Waals surface area contributed by atoms with Gasteiger partial charge in [-0.2, -0.15) is 0 Å². The summed E-state index contributed by atoms with van der Waals surface area (Å²) in [7, 11) is 0. The highest BCUT2D eigenvalue weighted by Crippen LogP contribution is 2.49. The van der Waals surface area contributed by atoms with E-state index in [1.165, 1.54) is 25.7 Å². The van der Waals surface area contributed by atoms with Crippen molar-refractivity contribution in [1.82, 2.24) is 5.32 Å². The second-order valence-corrected chi connectivity index (χ2v) is 9.62. The zero-order valence-corrected chi connectivity index (χ0v) is 15.2. The molecule has 22 heavy (non-hydrogen) atoms. The number of carbonyl (C=O) groups is 2. The lowest BCUT2D eigenvalue weighted by molar-refractivity contribution is -0.135. The Morgan fingerprint density at radius 2 is 1.68 bits per heavy atom. The van der Waals surface area contributed by atoms with Gasteiger partial charge in [0, 0.05) is 11.8 Å². The molecule has 2 saturated carbocycles. The number of ketones is 1. The topological polar surface area (TPSA) is 46.2 Å². The molecule has 1 amide bonds. The summed E-state index contributed by atoms with van der Waals surface area (Å²) in [6, 6.07) is -0.404. The molecule has 4 atom stereocenters. The fraction of sp³-hybridized carbons (Fsp3) is 0.895. The predicted molar refractivity (Wildman–Crippen MR) is 89.4 cm³/mol. The van der Waals surface area contributed by atoms with E-state index >= 15 is 0 Å². The third-order valence-electron chi connectivity index (χ3n) is 5.50. The second-order valence-electron chi connectivity index (χ2n) is 9.62. The predicted octanol–water partition coefficient (Wildman–Crippen LogP) is 3.96. The first kappa shape index (κ1) is 17.5. The standard InChI is InChI=1S/C19H33NO2/c1-18(2,3)16(17(22)19(4,5)6)20-15(21)11-14-10-12-7-8-13(14)9-12/h12-14,16H,7-11H2,1-6H3,(H,20,21). The Kier molecular flexibility index (Phi) is 4.75. The molecule has 2 rings (SSSR count). The van der Waals surface area contributed by atoms with Crippen molar-refractivity contribution in [3.8, 4) is 0 Å². The van der Waals surface area contributed by atoms with Crippen LogP contribution in [-0.2, 0) is 9.59 Å². The van der Waals surface area contributed by atoms with Crippen molar-refractivity contribution < 1.29 is 9.59 Å². The molecule has 0 aromatic carbocycles. The maximum absolute atomic E-state index is 12.7. The lowest BCUT2D eigenvalue weighted by atomic mass is 9.75. The third-order valence-corrected chi connectivity index (χ3v) is 5.50. The summed E-state index contributed by atoms with van der Waals surface area (Å²) in [4.78, 5) is 25.2. The van der Waals surface area contributed by atoms with Gasteiger partial charge in [-0.05, 0) is 42.4 Å². The third kappa shape index (κ3) is 3.91. The quantitative estimate of drug-likeness (QED) is 0.854. The van der Waals surface area contributed by atoms with E-state index in [4.69, 9.17) is 0 Å². The fourth-order valence-electron chi connectivity index (χ4n) is 4.19. The van der Waals surface area contributed by atoms with E-state index in [0.717, 1.165) is 11.8 Å². The van der Waals surface area contributed by atoms with Crippen molar-refractivity contribution >= 4 is 11.7 Å². The first-order valence-electron chi connectivity index (χ1n) is 8.82. The van der Waals surface area contributed by atoms with Crippen LogP contribution in [0.1, 0.15) is 73.6 Å². The van der Waals surface area contributed by atoms with E-state index in [-0.39, 0.29) is 17.1 Å². The molecule has 0 aliphatic heterocycles. The summed E-state index contributed by atoms with van der Waals surface area (Å²) < 4.78 is 0. The van der Waals surface area contributed by atoms with E-state index < -0.39 is 11.5 Å². The molecule has 0 aromatic rings. The van der Waals surface area contributed by atoms with Gasteiger partial charge in [0.1, 0.15) is 0 Å². The van der Waals surface area contributed by atoms with Crippen LogP contribution in [0, 0.1) is 28.6 Å². The minimum Gasteiger partial charge on any atom is -0.346 e. The van der Waals surface area contributed by atoms with Gasteiger partial charge >= 0.3 is 0 Å². The minimum absolute atomic E-state index is 0.0649. The Bertz CT molecular complexity index is 441.